The molecule has 2 aromatic carbocycles. The summed E-state index contributed by atoms with van der Waals surface area (Å²) in [6.45, 7) is 4.42. The van der Waals surface area contributed by atoms with E-state index in [0.29, 0.717) is 18.7 Å². The first-order valence-corrected chi connectivity index (χ1v) is 7.95. The number of rotatable bonds is 6. The molecule has 0 atom stereocenters. The maximum atomic E-state index is 9.14. The van der Waals surface area contributed by atoms with Crippen LogP contribution in [0.15, 0.2) is 48.5 Å². The van der Waals surface area contributed by atoms with Crippen molar-refractivity contribution in [2.75, 3.05) is 6.61 Å². The molecular weight excluding hydrogens is 300 g/mol. The summed E-state index contributed by atoms with van der Waals surface area (Å²) in [6.07, 6.45) is 2.23. The average Bonchev–Trinajstić information content (AvgIpc) is 2.55. The zero-order valence-corrected chi connectivity index (χ0v) is 14.2. The molecule has 2 aromatic rings. The third kappa shape index (κ3) is 4.70. The zero-order valence-electron chi connectivity index (χ0n) is 14.2. The van der Waals surface area contributed by atoms with Crippen LogP contribution >= 0.6 is 0 Å². The fourth-order valence-corrected chi connectivity index (χ4v) is 2.69. The van der Waals surface area contributed by atoms with E-state index in [-0.39, 0.29) is 12.5 Å². The largest absolute Gasteiger partial charge is 0.478 e. The van der Waals surface area contributed by atoms with Gasteiger partial charge in [0.1, 0.15) is 0 Å². The minimum atomic E-state index is 0.0273. The molecule has 4 N–H and O–H groups in total. The van der Waals surface area contributed by atoms with Crippen molar-refractivity contribution < 1.29 is 9.84 Å². The standard InChI is InChI=1S/C20H24N2O2/c1-14-5-3-6-15(2)20(14)18(21)12-19(22)24-10-9-16-7-4-8-17(11-16)13-23/h3-8,11-12,22-23H,9-10,13,21H2,1-2H3. The Labute approximate surface area is 143 Å². The lowest BCUT2D eigenvalue weighted by Crippen LogP contribution is -2.09. The quantitative estimate of drug-likeness (QED) is 0.563. The van der Waals surface area contributed by atoms with Crippen LogP contribution in [-0.4, -0.2) is 17.6 Å². The lowest BCUT2D eigenvalue weighted by Gasteiger charge is -2.11. The topological polar surface area (TPSA) is 79.3 Å². The van der Waals surface area contributed by atoms with E-state index >= 15 is 0 Å². The Morgan fingerprint density at radius 1 is 1.12 bits per heavy atom. The van der Waals surface area contributed by atoms with Gasteiger partial charge in [0.15, 0.2) is 0 Å². The Balaban J connectivity index is 1.95. The molecule has 0 unspecified atom stereocenters. The zero-order chi connectivity index (χ0) is 17.5. The summed E-state index contributed by atoms with van der Waals surface area (Å²) in [5.41, 5.74) is 11.7. The van der Waals surface area contributed by atoms with E-state index in [2.05, 4.69) is 0 Å². The molecule has 0 spiro atoms. The third-order valence-corrected chi connectivity index (χ3v) is 3.88. The van der Waals surface area contributed by atoms with E-state index in [1.165, 1.54) is 0 Å². The van der Waals surface area contributed by atoms with Gasteiger partial charge in [-0.1, -0.05) is 42.5 Å². The van der Waals surface area contributed by atoms with Crippen molar-refractivity contribution >= 4 is 11.6 Å². The van der Waals surface area contributed by atoms with Crippen LogP contribution in [0.3, 0.4) is 0 Å². The van der Waals surface area contributed by atoms with E-state index in [1.54, 1.807) is 6.08 Å². The van der Waals surface area contributed by atoms with Gasteiger partial charge < -0.3 is 15.6 Å². The molecule has 4 nitrogen and oxygen atoms in total. The van der Waals surface area contributed by atoms with Crippen molar-refractivity contribution in [3.8, 4) is 0 Å². The minimum absolute atomic E-state index is 0.0273. The van der Waals surface area contributed by atoms with Gasteiger partial charge in [-0.15, -0.1) is 0 Å². The number of nitrogens with one attached hydrogen (secondary N) is 1. The molecule has 0 aliphatic rings. The molecule has 126 valence electrons. The molecule has 0 amide bonds. The fourth-order valence-electron chi connectivity index (χ4n) is 2.69. The van der Waals surface area contributed by atoms with Gasteiger partial charge in [-0.3, -0.25) is 5.41 Å². The molecule has 24 heavy (non-hydrogen) atoms. The second-order valence-electron chi connectivity index (χ2n) is 5.81. The molecule has 0 aliphatic carbocycles. The van der Waals surface area contributed by atoms with Crippen molar-refractivity contribution in [1.29, 1.82) is 5.41 Å². The summed E-state index contributed by atoms with van der Waals surface area (Å²) >= 11 is 0. The van der Waals surface area contributed by atoms with E-state index < -0.39 is 0 Å². The predicted molar refractivity (Wildman–Crippen MR) is 97.8 cm³/mol. The van der Waals surface area contributed by atoms with E-state index in [0.717, 1.165) is 27.8 Å². The van der Waals surface area contributed by atoms with Gasteiger partial charge in [-0.25, -0.2) is 0 Å². The van der Waals surface area contributed by atoms with Gasteiger partial charge >= 0.3 is 0 Å². The molecule has 0 saturated carbocycles. The Bertz CT molecular complexity index is 731. The second-order valence-corrected chi connectivity index (χ2v) is 5.81. The molecule has 4 heteroatoms. The second kappa shape index (κ2) is 8.31. The molecule has 2 rings (SSSR count). The smallest absolute Gasteiger partial charge is 0.207 e. The first-order chi connectivity index (χ1) is 11.5. The van der Waals surface area contributed by atoms with Crippen molar-refractivity contribution in [1.82, 2.24) is 0 Å². The van der Waals surface area contributed by atoms with E-state index in [4.69, 9.17) is 21.0 Å². The van der Waals surface area contributed by atoms with Gasteiger partial charge in [0, 0.05) is 23.8 Å². The number of ether oxygens (including phenoxy) is 1. The fraction of sp³-hybridized carbons (Fsp3) is 0.250. The molecule has 0 aromatic heterocycles. The summed E-state index contributed by atoms with van der Waals surface area (Å²) < 4.78 is 5.46. The predicted octanol–water partition coefficient (Wildman–Crippen LogP) is 3.33. The lowest BCUT2D eigenvalue weighted by molar-refractivity contribution is 0.281. The number of hydrogen-bond donors (Lipinski definition) is 3. The number of aryl methyl sites for hydroxylation is 2. The number of benzene rings is 2. The highest BCUT2D eigenvalue weighted by Crippen LogP contribution is 2.19. The van der Waals surface area contributed by atoms with Crippen LogP contribution < -0.4 is 5.73 Å². The average molecular weight is 324 g/mol. The number of aliphatic hydroxyl groups is 1. The first-order valence-electron chi connectivity index (χ1n) is 7.95. The molecule has 0 fully saturated rings. The van der Waals surface area contributed by atoms with Crippen LogP contribution in [-0.2, 0) is 17.8 Å². The Kier molecular flexibility index (Phi) is 6.15. The highest BCUT2D eigenvalue weighted by Gasteiger charge is 2.06. The van der Waals surface area contributed by atoms with E-state index in [9.17, 15) is 0 Å². The first kappa shape index (κ1) is 17.8. The minimum Gasteiger partial charge on any atom is -0.478 e. The summed E-state index contributed by atoms with van der Waals surface area (Å²) in [7, 11) is 0. The van der Waals surface area contributed by atoms with Crippen molar-refractivity contribution in [2.45, 2.75) is 26.9 Å². The molecular formula is C20H24N2O2. The number of aliphatic hydroxyl groups excluding tert-OH is 1. The van der Waals surface area contributed by atoms with Crippen LogP contribution in [0.25, 0.3) is 5.70 Å². The Morgan fingerprint density at radius 3 is 2.42 bits per heavy atom. The summed E-state index contributed by atoms with van der Waals surface area (Å²) in [4.78, 5) is 0. The SMILES string of the molecule is Cc1cccc(C)c1C(N)=CC(=N)OCCc1cccc(CO)c1. The Morgan fingerprint density at radius 2 is 1.75 bits per heavy atom. The van der Waals surface area contributed by atoms with Crippen LogP contribution in [0.4, 0.5) is 0 Å². The maximum absolute atomic E-state index is 9.14. The molecule has 0 saturated heterocycles. The maximum Gasteiger partial charge on any atom is 0.207 e. The normalized spacial score (nSPS) is 11.4. The molecule has 0 bridgehead atoms. The van der Waals surface area contributed by atoms with Crippen molar-refractivity contribution in [3.63, 3.8) is 0 Å². The summed E-state index contributed by atoms with van der Waals surface area (Å²) in [5, 5.41) is 17.1. The number of hydrogen-bond acceptors (Lipinski definition) is 4. The van der Waals surface area contributed by atoms with Crippen LogP contribution in [0.1, 0.15) is 27.8 Å². The monoisotopic (exact) mass is 324 g/mol. The Hall–Kier alpha value is -2.59. The van der Waals surface area contributed by atoms with Crippen molar-refractivity contribution in [3.05, 3.63) is 76.4 Å². The lowest BCUT2D eigenvalue weighted by atomic mass is 10.00. The highest BCUT2D eigenvalue weighted by atomic mass is 16.5. The summed E-state index contributed by atoms with van der Waals surface area (Å²) in [6, 6.07) is 13.7. The van der Waals surface area contributed by atoms with Crippen LogP contribution in [0.5, 0.6) is 0 Å². The van der Waals surface area contributed by atoms with Crippen LogP contribution in [0.2, 0.25) is 0 Å². The molecule has 0 heterocycles. The van der Waals surface area contributed by atoms with Gasteiger partial charge in [0.25, 0.3) is 0 Å². The number of nitrogens with two attached hydrogens (primary N) is 1. The van der Waals surface area contributed by atoms with Gasteiger partial charge in [-0.05, 0) is 36.1 Å². The van der Waals surface area contributed by atoms with Gasteiger partial charge in [-0.2, -0.15) is 0 Å². The van der Waals surface area contributed by atoms with Gasteiger partial charge in [0.2, 0.25) is 5.90 Å². The van der Waals surface area contributed by atoms with Crippen molar-refractivity contribution in [2.24, 2.45) is 5.73 Å². The summed E-state index contributed by atoms with van der Waals surface area (Å²) in [5.74, 6) is 0.0495. The van der Waals surface area contributed by atoms with Gasteiger partial charge in [0.05, 0.1) is 13.2 Å². The highest BCUT2D eigenvalue weighted by molar-refractivity contribution is 5.93. The van der Waals surface area contributed by atoms with Crippen LogP contribution in [0, 0.1) is 19.3 Å². The molecule has 0 aliphatic heterocycles. The third-order valence-electron chi connectivity index (χ3n) is 3.88. The van der Waals surface area contributed by atoms with E-state index in [1.807, 2.05) is 56.3 Å². The molecule has 0 radical (unpaired) electrons.